The van der Waals surface area contributed by atoms with E-state index in [2.05, 4.69) is 43.3 Å². The van der Waals surface area contributed by atoms with Crippen molar-refractivity contribution in [3.05, 3.63) is 0 Å². The summed E-state index contributed by atoms with van der Waals surface area (Å²) in [6.45, 7) is 8.88. The summed E-state index contributed by atoms with van der Waals surface area (Å²) in [5.41, 5.74) is 0. The van der Waals surface area contributed by atoms with E-state index in [1.165, 1.54) is 25.7 Å². The van der Waals surface area contributed by atoms with E-state index in [-0.39, 0.29) is 9.68 Å². The molecule has 0 aromatic heterocycles. The third-order valence-corrected chi connectivity index (χ3v) is 4.73. The van der Waals surface area contributed by atoms with Gasteiger partial charge in [0.1, 0.15) is 9.68 Å². The first-order valence-electron chi connectivity index (χ1n) is 6.83. The maximum absolute atomic E-state index is 3.81. The van der Waals surface area contributed by atoms with Gasteiger partial charge in [-0.05, 0) is 40.5 Å². The van der Waals surface area contributed by atoms with E-state index in [0.717, 1.165) is 6.04 Å². The first-order valence-corrected chi connectivity index (χ1v) is 8.35. The Morgan fingerprint density at radius 3 is 1.88 bits per heavy atom. The van der Waals surface area contributed by atoms with Gasteiger partial charge in [0, 0.05) is 18.1 Å². The van der Waals surface area contributed by atoms with E-state index < -0.39 is 0 Å². The van der Waals surface area contributed by atoms with Crippen LogP contribution in [-0.4, -0.2) is 33.6 Å². The zero-order valence-electron chi connectivity index (χ0n) is 11.3. The second-order valence-electron chi connectivity index (χ2n) is 5.58. The zero-order chi connectivity index (χ0) is 12.0. The molecule has 0 amide bonds. The average molecular weight is 243 g/mol. The Labute approximate surface area is 103 Å². The first kappa shape index (κ1) is 14.2. The fourth-order valence-electron chi connectivity index (χ4n) is 2.39. The van der Waals surface area contributed by atoms with Crippen LogP contribution in [0.5, 0.6) is 0 Å². The Bertz CT molecular complexity index is 169. The molecule has 0 aromatic rings. The van der Waals surface area contributed by atoms with Gasteiger partial charge in [0.25, 0.3) is 0 Å². The Kier molecular flexibility index (Phi) is 6.57. The number of hydrogen-bond acceptors (Lipinski definition) is 3. The highest BCUT2D eigenvalue weighted by atomic mass is 28.2. The summed E-state index contributed by atoms with van der Waals surface area (Å²) in [6.07, 6.45) is 5.63. The molecule has 0 saturated heterocycles. The minimum Gasteiger partial charge on any atom is -0.337 e. The van der Waals surface area contributed by atoms with Gasteiger partial charge in [-0.2, -0.15) is 0 Å². The molecule has 1 rings (SSSR count). The van der Waals surface area contributed by atoms with Crippen LogP contribution >= 0.6 is 0 Å². The molecule has 4 heteroatoms. The van der Waals surface area contributed by atoms with E-state index in [1.807, 2.05) is 0 Å². The molecular formula is C12H29N3Si. The third kappa shape index (κ3) is 5.99. The van der Waals surface area contributed by atoms with Crippen molar-refractivity contribution in [3.63, 3.8) is 0 Å². The molecule has 3 N–H and O–H groups in total. The molecule has 1 aliphatic carbocycles. The molecule has 0 heterocycles. The van der Waals surface area contributed by atoms with Gasteiger partial charge < -0.3 is 15.6 Å². The van der Waals surface area contributed by atoms with Crippen LogP contribution in [0.25, 0.3) is 0 Å². The second-order valence-corrected chi connectivity index (χ2v) is 7.22. The van der Waals surface area contributed by atoms with Crippen molar-refractivity contribution in [2.75, 3.05) is 0 Å². The lowest BCUT2D eigenvalue weighted by Crippen LogP contribution is -2.56. The van der Waals surface area contributed by atoms with Gasteiger partial charge in [0.05, 0.1) is 5.79 Å². The standard InChI is InChI=1S/C12H29N3Si/c1-9(2)13-12(14-10(3)4)16-15-11-7-5-6-8-11/h9-15H,5-8,16H2,1-4H3. The van der Waals surface area contributed by atoms with Crippen molar-refractivity contribution >= 4 is 9.68 Å². The Hall–Kier alpha value is 0.0969. The fraction of sp³-hybridized carbons (Fsp3) is 1.00. The summed E-state index contributed by atoms with van der Waals surface area (Å²) < 4.78 is 0. The highest BCUT2D eigenvalue weighted by molar-refractivity contribution is 6.34. The topological polar surface area (TPSA) is 36.1 Å². The summed E-state index contributed by atoms with van der Waals surface area (Å²) >= 11 is 0. The summed E-state index contributed by atoms with van der Waals surface area (Å²) in [4.78, 5) is 3.81. The predicted octanol–water partition coefficient (Wildman–Crippen LogP) is 0.882. The summed E-state index contributed by atoms with van der Waals surface area (Å²) in [7, 11) is -0.262. The lowest BCUT2D eigenvalue weighted by Gasteiger charge is -2.26. The molecule has 16 heavy (non-hydrogen) atoms. The molecular weight excluding hydrogens is 214 g/mol. The molecule has 0 aromatic carbocycles. The number of nitrogens with one attached hydrogen (secondary N) is 3. The lowest BCUT2D eigenvalue weighted by atomic mass is 10.3. The van der Waals surface area contributed by atoms with E-state index >= 15 is 0 Å². The minimum absolute atomic E-state index is 0.262. The molecule has 0 spiro atoms. The van der Waals surface area contributed by atoms with Gasteiger partial charge >= 0.3 is 0 Å². The molecule has 0 bridgehead atoms. The summed E-state index contributed by atoms with van der Waals surface area (Å²) in [6, 6.07) is 1.94. The van der Waals surface area contributed by atoms with Gasteiger partial charge in [-0.1, -0.05) is 12.8 Å². The fourth-order valence-corrected chi connectivity index (χ4v) is 4.54. The molecule has 3 nitrogen and oxygen atoms in total. The Morgan fingerprint density at radius 2 is 1.44 bits per heavy atom. The Balaban J connectivity index is 2.24. The van der Waals surface area contributed by atoms with Crippen LogP contribution in [0, 0.1) is 0 Å². The van der Waals surface area contributed by atoms with Gasteiger partial charge in [-0.25, -0.2) is 0 Å². The van der Waals surface area contributed by atoms with Crippen LogP contribution < -0.4 is 15.6 Å². The molecule has 0 radical (unpaired) electrons. The maximum atomic E-state index is 3.81. The predicted molar refractivity (Wildman–Crippen MR) is 74.3 cm³/mol. The third-order valence-electron chi connectivity index (χ3n) is 3.03. The van der Waals surface area contributed by atoms with E-state index in [4.69, 9.17) is 0 Å². The van der Waals surface area contributed by atoms with Gasteiger partial charge in [0.2, 0.25) is 0 Å². The van der Waals surface area contributed by atoms with Crippen molar-refractivity contribution in [3.8, 4) is 0 Å². The molecule has 1 aliphatic rings. The Morgan fingerprint density at radius 1 is 0.938 bits per heavy atom. The van der Waals surface area contributed by atoms with Crippen LogP contribution in [0.2, 0.25) is 0 Å². The SMILES string of the molecule is CC(C)NC(NC(C)C)[SiH2]NC1CCCC1. The smallest absolute Gasteiger partial charge is 0.127 e. The molecule has 0 atom stereocenters. The normalized spacial score (nSPS) is 18.9. The molecule has 0 unspecified atom stereocenters. The molecule has 1 fully saturated rings. The van der Waals surface area contributed by atoms with Crippen LogP contribution in [0.1, 0.15) is 53.4 Å². The van der Waals surface area contributed by atoms with Crippen molar-refractivity contribution < 1.29 is 0 Å². The van der Waals surface area contributed by atoms with Gasteiger partial charge in [0.15, 0.2) is 0 Å². The van der Waals surface area contributed by atoms with Crippen molar-refractivity contribution in [1.82, 2.24) is 15.6 Å². The van der Waals surface area contributed by atoms with Crippen LogP contribution in [-0.2, 0) is 0 Å². The van der Waals surface area contributed by atoms with Crippen LogP contribution in [0.15, 0.2) is 0 Å². The summed E-state index contributed by atoms with van der Waals surface area (Å²) in [5, 5.41) is 7.25. The number of rotatable bonds is 7. The summed E-state index contributed by atoms with van der Waals surface area (Å²) in [5.74, 6) is 0.528. The van der Waals surface area contributed by atoms with Crippen LogP contribution in [0.4, 0.5) is 0 Å². The quantitative estimate of drug-likeness (QED) is 0.459. The molecule has 0 aliphatic heterocycles. The average Bonchev–Trinajstić information content (AvgIpc) is 2.64. The van der Waals surface area contributed by atoms with Gasteiger partial charge in [-0.3, -0.25) is 0 Å². The first-order chi connectivity index (χ1) is 7.58. The largest absolute Gasteiger partial charge is 0.337 e. The highest BCUT2D eigenvalue weighted by Gasteiger charge is 2.17. The zero-order valence-corrected chi connectivity index (χ0v) is 12.8. The van der Waals surface area contributed by atoms with Gasteiger partial charge in [-0.15, -0.1) is 0 Å². The van der Waals surface area contributed by atoms with E-state index in [9.17, 15) is 0 Å². The monoisotopic (exact) mass is 243 g/mol. The van der Waals surface area contributed by atoms with Crippen molar-refractivity contribution in [1.29, 1.82) is 0 Å². The lowest BCUT2D eigenvalue weighted by molar-refractivity contribution is 0.441. The highest BCUT2D eigenvalue weighted by Crippen LogP contribution is 2.17. The van der Waals surface area contributed by atoms with Crippen molar-refractivity contribution in [2.24, 2.45) is 0 Å². The van der Waals surface area contributed by atoms with Crippen molar-refractivity contribution in [2.45, 2.75) is 77.3 Å². The second kappa shape index (κ2) is 7.43. The molecule has 96 valence electrons. The van der Waals surface area contributed by atoms with E-state index in [0.29, 0.717) is 17.9 Å². The van der Waals surface area contributed by atoms with E-state index in [1.54, 1.807) is 0 Å². The maximum Gasteiger partial charge on any atom is 0.127 e. The minimum atomic E-state index is -0.262. The molecule has 1 saturated carbocycles. The van der Waals surface area contributed by atoms with Crippen LogP contribution in [0.3, 0.4) is 0 Å². The number of hydrogen-bond donors (Lipinski definition) is 3.